The first-order chi connectivity index (χ1) is 10.9. The van der Waals surface area contributed by atoms with Crippen molar-refractivity contribution in [2.75, 3.05) is 26.8 Å². The van der Waals surface area contributed by atoms with Crippen LogP contribution in [0.15, 0.2) is 10.9 Å². The van der Waals surface area contributed by atoms with Crippen molar-refractivity contribution >= 4 is 6.09 Å². The molecule has 1 amide bonds. The predicted molar refractivity (Wildman–Crippen MR) is 85.1 cm³/mol. The van der Waals surface area contributed by atoms with Gasteiger partial charge in [0.05, 0.1) is 6.61 Å². The first-order valence-electron chi connectivity index (χ1n) is 7.85. The number of nitrogens with one attached hydrogen (secondary N) is 2. The normalized spacial score (nSPS) is 12.9. The second kappa shape index (κ2) is 10.2. The molecule has 1 aromatic rings. The standard InChI is InChI=1S/C15H28N4O4/c1-15(2,3)23-14(20)17-8-5-6-12(10-21-4)16-9-7-13-18-11-22-19-13/h11-12,16H,5-10H2,1-4H3,(H,17,20). The molecule has 0 saturated carbocycles. The van der Waals surface area contributed by atoms with Crippen LogP contribution in [0.2, 0.25) is 0 Å². The Morgan fingerprint density at radius 2 is 2.17 bits per heavy atom. The number of carbonyl (C=O) groups excluding carboxylic acids is 1. The molecule has 0 fully saturated rings. The van der Waals surface area contributed by atoms with Gasteiger partial charge in [-0.15, -0.1) is 0 Å². The van der Waals surface area contributed by atoms with E-state index < -0.39 is 5.60 Å². The summed E-state index contributed by atoms with van der Waals surface area (Å²) in [5.41, 5.74) is -0.473. The molecule has 1 heterocycles. The highest BCUT2D eigenvalue weighted by atomic mass is 16.6. The molecule has 0 aliphatic heterocycles. The van der Waals surface area contributed by atoms with Crippen molar-refractivity contribution in [3.63, 3.8) is 0 Å². The third-order valence-corrected chi connectivity index (χ3v) is 2.95. The quantitative estimate of drug-likeness (QED) is 0.628. The molecule has 8 nitrogen and oxygen atoms in total. The summed E-state index contributed by atoms with van der Waals surface area (Å²) < 4.78 is 15.1. The molecule has 0 saturated heterocycles. The summed E-state index contributed by atoms with van der Waals surface area (Å²) in [4.78, 5) is 15.5. The number of alkyl carbamates (subject to hydrolysis) is 1. The number of nitrogens with zero attached hydrogens (tertiary/aromatic N) is 2. The second-order valence-corrected chi connectivity index (χ2v) is 6.27. The number of methoxy groups -OCH3 is 1. The summed E-state index contributed by atoms with van der Waals surface area (Å²) in [5.74, 6) is 0.681. The fourth-order valence-electron chi connectivity index (χ4n) is 1.99. The van der Waals surface area contributed by atoms with E-state index in [0.717, 1.165) is 19.4 Å². The van der Waals surface area contributed by atoms with Crippen molar-refractivity contribution in [2.24, 2.45) is 0 Å². The van der Waals surface area contributed by atoms with Crippen LogP contribution < -0.4 is 10.6 Å². The first-order valence-corrected chi connectivity index (χ1v) is 7.85. The number of ether oxygens (including phenoxy) is 2. The van der Waals surface area contributed by atoms with Gasteiger partial charge in [-0.3, -0.25) is 0 Å². The highest BCUT2D eigenvalue weighted by Crippen LogP contribution is 2.06. The monoisotopic (exact) mass is 328 g/mol. The van der Waals surface area contributed by atoms with E-state index in [1.54, 1.807) is 7.11 Å². The van der Waals surface area contributed by atoms with E-state index in [0.29, 0.717) is 25.4 Å². The minimum atomic E-state index is -0.473. The summed E-state index contributed by atoms with van der Waals surface area (Å²) >= 11 is 0. The van der Waals surface area contributed by atoms with Gasteiger partial charge in [0.15, 0.2) is 5.82 Å². The zero-order valence-electron chi connectivity index (χ0n) is 14.4. The molecule has 8 heteroatoms. The van der Waals surface area contributed by atoms with E-state index in [-0.39, 0.29) is 12.1 Å². The lowest BCUT2D eigenvalue weighted by molar-refractivity contribution is 0.0526. The maximum absolute atomic E-state index is 11.5. The predicted octanol–water partition coefficient (Wildman–Crippen LogP) is 1.52. The zero-order valence-corrected chi connectivity index (χ0v) is 14.4. The zero-order chi connectivity index (χ0) is 17.1. The molecule has 0 aromatic carbocycles. The van der Waals surface area contributed by atoms with Gasteiger partial charge in [-0.1, -0.05) is 5.16 Å². The average Bonchev–Trinajstić information content (AvgIpc) is 2.94. The number of rotatable bonds is 10. The SMILES string of the molecule is COCC(CCCNC(=O)OC(C)(C)C)NCCc1ncon1. The van der Waals surface area contributed by atoms with Crippen molar-refractivity contribution in [3.8, 4) is 0 Å². The van der Waals surface area contributed by atoms with Gasteiger partial charge >= 0.3 is 6.09 Å². The van der Waals surface area contributed by atoms with E-state index >= 15 is 0 Å². The molecule has 23 heavy (non-hydrogen) atoms. The molecule has 0 spiro atoms. The Morgan fingerprint density at radius 1 is 1.39 bits per heavy atom. The third kappa shape index (κ3) is 9.85. The van der Waals surface area contributed by atoms with E-state index in [4.69, 9.17) is 14.0 Å². The summed E-state index contributed by atoms with van der Waals surface area (Å²) in [7, 11) is 1.67. The summed E-state index contributed by atoms with van der Waals surface area (Å²) in [5, 5.41) is 9.91. The van der Waals surface area contributed by atoms with Gasteiger partial charge in [-0.05, 0) is 33.6 Å². The molecule has 0 radical (unpaired) electrons. The van der Waals surface area contributed by atoms with E-state index in [9.17, 15) is 4.79 Å². The second-order valence-electron chi connectivity index (χ2n) is 6.27. The molecule has 1 atom stereocenters. The van der Waals surface area contributed by atoms with Crippen LogP contribution in [0.4, 0.5) is 4.79 Å². The Bertz CT molecular complexity index is 431. The highest BCUT2D eigenvalue weighted by molar-refractivity contribution is 5.67. The van der Waals surface area contributed by atoms with E-state index in [1.807, 2.05) is 20.8 Å². The summed E-state index contributed by atoms with van der Waals surface area (Å²) in [6.45, 7) is 7.45. The fourth-order valence-corrected chi connectivity index (χ4v) is 1.99. The van der Waals surface area contributed by atoms with Gasteiger partial charge in [0, 0.05) is 32.7 Å². The van der Waals surface area contributed by atoms with Crippen molar-refractivity contribution in [2.45, 2.75) is 51.7 Å². The largest absolute Gasteiger partial charge is 0.444 e. The molecule has 1 rings (SSSR count). The number of hydrogen-bond acceptors (Lipinski definition) is 7. The Hall–Kier alpha value is -1.67. The van der Waals surface area contributed by atoms with Gasteiger partial charge in [-0.2, -0.15) is 4.98 Å². The van der Waals surface area contributed by atoms with Crippen LogP contribution in [0.1, 0.15) is 39.4 Å². The van der Waals surface area contributed by atoms with Gasteiger partial charge in [0.2, 0.25) is 6.39 Å². The van der Waals surface area contributed by atoms with Crippen LogP contribution in [0.25, 0.3) is 0 Å². The van der Waals surface area contributed by atoms with Crippen LogP contribution in [0.3, 0.4) is 0 Å². The van der Waals surface area contributed by atoms with Crippen molar-refractivity contribution in [1.82, 2.24) is 20.8 Å². The number of aromatic nitrogens is 2. The maximum Gasteiger partial charge on any atom is 0.407 e. The lowest BCUT2D eigenvalue weighted by atomic mass is 10.1. The lowest BCUT2D eigenvalue weighted by Gasteiger charge is -2.20. The minimum absolute atomic E-state index is 0.215. The van der Waals surface area contributed by atoms with Crippen LogP contribution in [0, 0.1) is 0 Å². The van der Waals surface area contributed by atoms with Gasteiger partial charge in [0.1, 0.15) is 5.60 Å². The first kappa shape index (κ1) is 19.4. The number of amides is 1. The van der Waals surface area contributed by atoms with Gasteiger partial charge in [-0.25, -0.2) is 4.79 Å². The molecule has 132 valence electrons. The van der Waals surface area contributed by atoms with E-state index in [1.165, 1.54) is 6.39 Å². The van der Waals surface area contributed by atoms with E-state index in [2.05, 4.69) is 20.8 Å². The molecular formula is C15H28N4O4. The maximum atomic E-state index is 11.5. The van der Waals surface area contributed by atoms with Gasteiger partial charge in [0.25, 0.3) is 0 Å². The third-order valence-electron chi connectivity index (χ3n) is 2.95. The molecule has 0 bridgehead atoms. The van der Waals surface area contributed by atoms with Crippen LogP contribution >= 0.6 is 0 Å². The molecule has 2 N–H and O–H groups in total. The summed E-state index contributed by atoms with van der Waals surface area (Å²) in [6.07, 6.45) is 3.36. The average molecular weight is 328 g/mol. The number of hydrogen-bond donors (Lipinski definition) is 2. The lowest BCUT2D eigenvalue weighted by Crippen LogP contribution is -2.36. The molecule has 1 unspecified atom stereocenters. The van der Waals surface area contributed by atoms with Crippen molar-refractivity contribution in [3.05, 3.63) is 12.2 Å². The van der Waals surface area contributed by atoms with Crippen molar-refractivity contribution < 1.29 is 18.8 Å². The Balaban J connectivity index is 2.16. The fraction of sp³-hybridized carbons (Fsp3) is 0.800. The number of carbonyl (C=O) groups is 1. The highest BCUT2D eigenvalue weighted by Gasteiger charge is 2.15. The molecule has 0 aliphatic rings. The van der Waals surface area contributed by atoms with Crippen LogP contribution in [0.5, 0.6) is 0 Å². The minimum Gasteiger partial charge on any atom is -0.444 e. The van der Waals surface area contributed by atoms with Crippen molar-refractivity contribution in [1.29, 1.82) is 0 Å². The Kier molecular flexibility index (Phi) is 8.57. The molecule has 0 aliphatic carbocycles. The Labute approximate surface area is 137 Å². The molecular weight excluding hydrogens is 300 g/mol. The van der Waals surface area contributed by atoms with Crippen LogP contribution in [-0.2, 0) is 15.9 Å². The van der Waals surface area contributed by atoms with Crippen LogP contribution in [-0.4, -0.2) is 54.7 Å². The molecule has 1 aromatic heterocycles. The topological polar surface area (TPSA) is 98.5 Å². The smallest absolute Gasteiger partial charge is 0.407 e. The summed E-state index contributed by atoms with van der Waals surface area (Å²) in [6, 6.07) is 0.215. The van der Waals surface area contributed by atoms with Gasteiger partial charge < -0.3 is 24.6 Å². The Morgan fingerprint density at radius 3 is 2.78 bits per heavy atom.